The SMILES string of the molecule is Cc1c(C(=O)N2CCC[C@@H](N)C2)nc(-c2ccc(C#N)c(F)c2)n1-c1cc2cn(C)nc2cc1F. The maximum atomic E-state index is 15.4. The molecule has 0 radical (unpaired) electrons. The van der Waals surface area contributed by atoms with Gasteiger partial charge >= 0.3 is 0 Å². The summed E-state index contributed by atoms with van der Waals surface area (Å²) >= 11 is 0. The van der Waals surface area contributed by atoms with Crippen LogP contribution in [-0.2, 0) is 7.05 Å². The van der Waals surface area contributed by atoms with Crippen molar-refractivity contribution < 1.29 is 13.6 Å². The van der Waals surface area contributed by atoms with E-state index in [-0.39, 0.29) is 34.7 Å². The average molecular weight is 476 g/mol. The Balaban J connectivity index is 1.72. The quantitative estimate of drug-likeness (QED) is 0.489. The van der Waals surface area contributed by atoms with Crippen molar-refractivity contribution >= 4 is 16.8 Å². The zero-order valence-electron chi connectivity index (χ0n) is 19.3. The van der Waals surface area contributed by atoms with E-state index in [4.69, 9.17) is 11.0 Å². The number of aryl methyl sites for hydroxylation is 1. The predicted molar refractivity (Wildman–Crippen MR) is 126 cm³/mol. The normalized spacial score (nSPS) is 16.0. The number of imidazole rings is 1. The standard InChI is InChI=1S/C25H23F2N7O/c1-14-23(25(35)33-7-3-4-18(29)13-33)30-24(15-5-6-16(11-28)19(26)8-15)34(14)22-9-17-12-32(2)31-21(17)10-20(22)27/h5-6,8-10,12,18H,3-4,7,13,29H2,1-2H3/t18-/m1/s1. The van der Waals surface area contributed by atoms with Crippen molar-refractivity contribution in [3.05, 3.63) is 65.1 Å². The monoisotopic (exact) mass is 475 g/mol. The Morgan fingerprint density at radius 1 is 1.23 bits per heavy atom. The summed E-state index contributed by atoms with van der Waals surface area (Å²) in [6.45, 7) is 2.64. The highest BCUT2D eigenvalue weighted by Gasteiger charge is 2.29. The smallest absolute Gasteiger partial charge is 0.274 e. The summed E-state index contributed by atoms with van der Waals surface area (Å²) in [5, 5.41) is 14.1. The molecule has 10 heteroatoms. The summed E-state index contributed by atoms with van der Waals surface area (Å²) in [6.07, 6.45) is 3.38. The zero-order chi connectivity index (χ0) is 24.9. The molecule has 8 nitrogen and oxygen atoms in total. The molecule has 178 valence electrons. The molecule has 3 heterocycles. The molecule has 0 spiro atoms. The van der Waals surface area contributed by atoms with Crippen molar-refractivity contribution in [2.24, 2.45) is 12.8 Å². The van der Waals surface area contributed by atoms with Gasteiger partial charge in [-0.2, -0.15) is 10.4 Å². The van der Waals surface area contributed by atoms with Gasteiger partial charge in [-0.25, -0.2) is 13.8 Å². The fourth-order valence-electron chi connectivity index (χ4n) is 4.61. The third-order valence-corrected chi connectivity index (χ3v) is 6.33. The highest BCUT2D eigenvalue weighted by Crippen LogP contribution is 2.31. The highest BCUT2D eigenvalue weighted by atomic mass is 19.1. The number of nitrogens with zero attached hydrogens (tertiary/aromatic N) is 6. The first kappa shape index (κ1) is 22.7. The molecule has 1 atom stereocenters. The number of rotatable bonds is 3. The third kappa shape index (κ3) is 3.94. The van der Waals surface area contributed by atoms with Crippen molar-refractivity contribution in [3.63, 3.8) is 0 Å². The maximum Gasteiger partial charge on any atom is 0.274 e. The molecule has 2 aromatic heterocycles. The summed E-state index contributed by atoms with van der Waals surface area (Å²) < 4.78 is 33.0. The molecule has 1 amide bonds. The van der Waals surface area contributed by atoms with Gasteiger partial charge in [0.15, 0.2) is 0 Å². The summed E-state index contributed by atoms with van der Waals surface area (Å²) in [7, 11) is 1.74. The summed E-state index contributed by atoms with van der Waals surface area (Å²) in [4.78, 5) is 19.7. The van der Waals surface area contributed by atoms with Gasteiger partial charge < -0.3 is 10.6 Å². The summed E-state index contributed by atoms with van der Waals surface area (Å²) in [5.41, 5.74) is 7.46. The fourth-order valence-corrected chi connectivity index (χ4v) is 4.61. The molecule has 1 aliphatic rings. The number of nitrogens with two attached hydrogens (primary N) is 1. The molecule has 0 bridgehead atoms. The minimum Gasteiger partial charge on any atom is -0.336 e. The Hall–Kier alpha value is -4.10. The van der Waals surface area contributed by atoms with E-state index in [0.29, 0.717) is 35.2 Å². The highest BCUT2D eigenvalue weighted by molar-refractivity contribution is 5.95. The number of aromatic nitrogens is 4. The molecule has 1 aliphatic heterocycles. The number of halogens is 2. The molecule has 0 aliphatic carbocycles. The lowest BCUT2D eigenvalue weighted by Gasteiger charge is -2.30. The minimum atomic E-state index is -0.727. The predicted octanol–water partition coefficient (Wildman–Crippen LogP) is 3.45. The van der Waals surface area contributed by atoms with Crippen molar-refractivity contribution in [3.8, 4) is 23.1 Å². The van der Waals surface area contributed by atoms with Crippen LogP contribution in [0.2, 0.25) is 0 Å². The largest absolute Gasteiger partial charge is 0.336 e. The number of piperidine rings is 1. The van der Waals surface area contributed by atoms with E-state index < -0.39 is 11.6 Å². The minimum absolute atomic E-state index is 0.118. The lowest BCUT2D eigenvalue weighted by molar-refractivity contribution is 0.0702. The first-order valence-corrected chi connectivity index (χ1v) is 11.2. The number of hydrogen-bond acceptors (Lipinski definition) is 5. The molecule has 4 aromatic rings. The Morgan fingerprint density at radius 3 is 2.74 bits per heavy atom. The van der Waals surface area contributed by atoms with Crippen molar-refractivity contribution in [2.45, 2.75) is 25.8 Å². The Bertz CT molecular complexity index is 1510. The molecule has 0 unspecified atom stereocenters. The second kappa shape index (κ2) is 8.60. The number of amides is 1. The van der Waals surface area contributed by atoms with Crippen LogP contribution in [0.25, 0.3) is 28.0 Å². The van der Waals surface area contributed by atoms with Crippen LogP contribution in [0.1, 0.15) is 34.6 Å². The van der Waals surface area contributed by atoms with Crippen LogP contribution >= 0.6 is 0 Å². The van der Waals surface area contributed by atoms with Crippen LogP contribution in [0.3, 0.4) is 0 Å². The fraction of sp³-hybridized carbons (Fsp3) is 0.280. The van der Waals surface area contributed by atoms with Gasteiger partial charge in [-0.3, -0.25) is 14.0 Å². The first-order valence-electron chi connectivity index (χ1n) is 11.2. The lowest BCUT2D eigenvalue weighted by Crippen LogP contribution is -2.46. The van der Waals surface area contributed by atoms with Crippen LogP contribution in [0.15, 0.2) is 36.5 Å². The van der Waals surface area contributed by atoms with Crippen LogP contribution < -0.4 is 5.73 Å². The Kier molecular flexibility index (Phi) is 5.57. The zero-order valence-corrected chi connectivity index (χ0v) is 19.3. The van der Waals surface area contributed by atoms with E-state index in [1.165, 1.54) is 28.8 Å². The molecule has 0 saturated carbocycles. The average Bonchev–Trinajstić information content (AvgIpc) is 3.36. The third-order valence-electron chi connectivity index (χ3n) is 6.33. The number of likely N-dealkylation sites (tertiary alicyclic amines) is 1. The number of carbonyl (C=O) groups is 1. The van der Waals surface area contributed by atoms with Gasteiger partial charge in [0.05, 0.1) is 22.5 Å². The van der Waals surface area contributed by atoms with Gasteiger partial charge in [0.2, 0.25) is 0 Å². The van der Waals surface area contributed by atoms with Crippen LogP contribution in [-0.4, -0.2) is 49.3 Å². The van der Waals surface area contributed by atoms with Gasteiger partial charge in [0, 0.05) is 49.4 Å². The van der Waals surface area contributed by atoms with E-state index in [1.54, 1.807) is 41.9 Å². The van der Waals surface area contributed by atoms with Crippen molar-refractivity contribution in [2.75, 3.05) is 13.1 Å². The van der Waals surface area contributed by atoms with Gasteiger partial charge in [0.1, 0.15) is 29.2 Å². The van der Waals surface area contributed by atoms with Gasteiger partial charge in [-0.05, 0) is 44.0 Å². The second-order valence-electron chi connectivity index (χ2n) is 8.83. The molecule has 2 N–H and O–H groups in total. The molecule has 2 aromatic carbocycles. The van der Waals surface area contributed by atoms with Gasteiger partial charge in [-0.1, -0.05) is 0 Å². The van der Waals surface area contributed by atoms with Crippen LogP contribution in [0.4, 0.5) is 8.78 Å². The molecule has 5 rings (SSSR count). The molecule has 1 saturated heterocycles. The van der Waals surface area contributed by atoms with E-state index in [2.05, 4.69) is 10.1 Å². The number of nitriles is 1. The molecule has 35 heavy (non-hydrogen) atoms. The van der Waals surface area contributed by atoms with Gasteiger partial charge in [-0.15, -0.1) is 0 Å². The number of carbonyl (C=O) groups excluding carboxylic acids is 1. The molecular weight excluding hydrogens is 452 g/mol. The van der Waals surface area contributed by atoms with Gasteiger partial charge in [0.25, 0.3) is 5.91 Å². The van der Waals surface area contributed by atoms with Crippen LogP contribution in [0, 0.1) is 29.9 Å². The Morgan fingerprint density at radius 2 is 2.03 bits per heavy atom. The lowest BCUT2D eigenvalue weighted by atomic mass is 10.1. The van der Waals surface area contributed by atoms with E-state index >= 15 is 4.39 Å². The van der Waals surface area contributed by atoms with Crippen LogP contribution in [0.5, 0.6) is 0 Å². The second-order valence-corrected chi connectivity index (χ2v) is 8.83. The number of benzene rings is 2. The van der Waals surface area contributed by atoms with E-state index in [1.807, 2.05) is 0 Å². The first-order chi connectivity index (χ1) is 16.8. The summed E-state index contributed by atoms with van der Waals surface area (Å²) in [5.74, 6) is -1.41. The number of fused-ring (bicyclic) bond motifs is 1. The maximum absolute atomic E-state index is 15.4. The van der Waals surface area contributed by atoms with Crippen molar-refractivity contribution in [1.29, 1.82) is 5.26 Å². The molecule has 1 fully saturated rings. The summed E-state index contributed by atoms with van der Waals surface area (Å²) in [6, 6.07) is 8.66. The topological polar surface area (TPSA) is 106 Å². The Labute approximate surface area is 200 Å². The van der Waals surface area contributed by atoms with E-state index in [0.717, 1.165) is 12.8 Å². The molecular formula is C25H23F2N7O. The number of hydrogen-bond donors (Lipinski definition) is 1. The van der Waals surface area contributed by atoms with E-state index in [9.17, 15) is 9.18 Å². The van der Waals surface area contributed by atoms with Crippen molar-refractivity contribution in [1.82, 2.24) is 24.2 Å².